The van der Waals surface area contributed by atoms with Crippen LogP contribution in [0.15, 0.2) is 12.3 Å². The largest absolute Gasteiger partial charge is 0.383 e. The number of ether oxygens (including phenoxy) is 2. The van der Waals surface area contributed by atoms with E-state index in [2.05, 4.69) is 10.4 Å². The molecule has 1 aromatic heterocycles. The zero-order valence-corrected chi connectivity index (χ0v) is 14.7. The number of methoxy groups -OCH3 is 2. The number of piperidine rings is 1. The van der Waals surface area contributed by atoms with Crippen LogP contribution in [-0.4, -0.2) is 74.2 Å². The zero-order valence-electron chi connectivity index (χ0n) is 13.9. The smallest absolute Gasteiger partial charge is 0.274 e. The van der Waals surface area contributed by atoms with Gasteiger partial charge in [0, 0.05) is 40.1 Å². The van der Waals surface area contributed by atoms with E-state index in [-0.39, 0.29) is 18.3 Å². The molecule has 1 aromatic rings. The van der Waals surface area contributed by atoms with Crippen molar-refractivity contribution in [1.82, 2.24) is 20.0 Å². The minimum absolute atomic E-state index is 0. The predicted molar refractivity (Wildman–Crippen MR) is 90.3 cm³/mol. The van der Waals surface area contributed by atoms with E-state index in [1.54, 1.807) is 25.2 Å². The van der Waals surface area contributed by atoms with Gasteiger partial charge in [0.05, 0.1) is 19.3 Å². The van der Waals surface area contributed by atoms with E-state index < -0.39 is 0 Å². The molecule has 1 atom stereocenters. The third-order valence-electron chi connectivity index (χ3n) is 3.89. The van der Waals surface area contributed by atoms with Gasteiger partial charge >= 0.3 is 0 Å². The van der Waals surface area contributed by atoms with Crippen molar-refractivity contribution in [3.05, 3.63) is 18.0 Å². The molecule has 0 aromatic carbocycles. The highest BCUT2D eigenvalue weighted by Crippen LogP contribution is 2.16. The van der Waals surface area contributed by atoms with E-state index in [4.69, 9.17) is 9.47 Å². The van der Waals surface area contributed by atoms with Gasteiger partial charge in [0.1, 0.15) is 5.69 Å². The molecule has 0 aliphatic carbocycles. The van der Waals surface area contributed by atoms with Crippen molar-refractivity contribution in [2.24, 2.45) is 0 Å². The number of carbonyl (C=O) groups excluding carboxylic acids is 1. The molecule has 0 spiro atoms. The van der Waals surface area contributed by atoms with Crippen LogP contribution >= 0.6 is 12.4 Å². The predicted octanol–water partition coefficient (Wildman–Crippen LogP) is 0.964. The number of halogens is 1. The van der Waals surface area contributed by atoms with Crippen molar-refractivity contribution >= 4 is 18.3 Å². The Balaban J connectivity index is 0.00000264. The standard InChI is InChI=1S/C15H26N4O3.ClH/c1-21-10-8-18(9-11-22-2)15(20)14-5-7-19(17-14)13-4-3-6-16-12-13;/h5,7,13,16H,3-4,6,8-12H2,1-2H3;1H. The summed E-state index contributed by atoms with van der Waals surface area (Å²) in [5, 5.41) is 7.84. The molecular weight excluding hydrogens is 320 g/mol. The second kappa shape index (κ2) is 10.6. The highest BCUT2D eigenvalue weighted by molar-refractivity contribution is 5.92. The van der Waals surface area contributed by atoms with Crippen molar-refractivity contribution in [2.75, 3.05) is 53.6 Å². The molecule has 2 rings (SSSR count). The fraction of sp³-hybridized carbons (Fsp3) is 0.733. The minimum Gasteiger partial charge on any atom is -0.383 e. The van der Waals surface area contributed by atoms with Gasteiger partial charge in [-0.1, -0.05) is 0 Å². The van der Waals surface area contributed by atoms with Gasteiger partial charge < -0.3 is 19.7 Å². The van der Waals surface area contributed by atoms with E-state index >= 15 is 0 Å². The average molecular weight is 347 g/mol. The lowest BCUT2D eigenvalue weighted by Crippen LogP contribution is -2.37. The summed E-state index contributed by atoms with van der Waals surface area (Å²) in [6.07, 6.45) is 4.14. The zero-order chi connectivity index (χ0) is 15.8. The fourth-order valence-corrected chi connectivity index (χ4v) is 2.59. The van der Waals surface area contributed by atoms with Crippen LogP contribution in [0.5, 0.6) is 0 Å². The maximum absolute atomic E-state index is 12.6. The summed E-state index contributed by atoms with van der Waals surface area (Å²) in [5.41, 5.74) is 0.484. The van der Waals surface area contributed by atoms with Gasteiger partial charge in [0.15, 0.2) is 0 Å². The van der Waals surface area contributed by atoms with Crippen molar-refractivity contribution < 1.29 is 14.3 Å². The lowest BCUT2D eigenvalue weighted by atomic mass is 10.1. The van der Waals surface area contributed by atoms with Crippen LogP contribution in [-0.2, 0) is 9.47 Å². The second-order valence-electron chi connectivity index (χ2n) is 5.46. The maximum atomic E-state index is 12.6. The monoisotopic (exact) mass is 346 g/mol. The number of nitrogens with one attached hydrogen (secondary N) is 1. The van der Waals surface area contributed by atoms with Gasteiger partial charge in [0.25, 0.3) is 5.91 Å². The van der Waals surface area contributed by atoms with E-state index in [1.807, 2.05) is 10.9 Å². The van der Waals surface area contributed by atoms with E-state index in [9.17, 15) is 4.79 Å². The number of rotatable bonds is 8. The molecule has 0 saturated carbocycles. The molecule has 1 amide bonds. The minimum atomic E-state index is -0.0726. The Bertz CT molecular complexity index is 455. The van der Waals surface area contributed by atoms with Gasteiger partial charge in [-0.3, -0.25) is 9.48 Å². The Morgan fingerprint density at radius 2 is 2.09 bits per heavy atom. The van der Waals surface area contributed by atoms with Crippen molar-refractivity contribution in [3.63, 3.8) is 0 Å². The lowest BCUT2D eigenvalue weighted by Gasteiger charge is -2.23. The first-order valence-electron chi connectivity index (χ1n) is 7.79. The molecule has 1 unspecified atom stereocenters. The third kappa shape index (κ3) is 5.76. The van der Waals surface area contributed by atoms with Crippen LogP contribution in [0.4, 0.5) is 0 Å². The van der Waals surface area contributed by atoms with Gasteiger partial charge in [-0.05, 0) is 25.5 Å². The van der Waals surface area contributed by atoms with Crippen LogP contribution < -0.4 is 5.32 Å². The Labute approximate surface area is 143 Å². The molecule has 0 radical (unpaired) electrons. The van der Waals surface area contributed by atoms with Gasteiger partial charge in [0.2, 0.25) is 0 Å². The highest BCUT2D eigenvalue weighted by Gasteiger charge is 2.21. The highest BCUT2D eigenvalue weighted by atomic mass is 35.5. The molecule has 1 fully saturated rings. The normalized spacial score (nSPS) is 17.6. The third-order valence-corrected chi connectivity index (χ3v) is 3.89. The Hall–Kier alpha value is -1.15. The molecule has 8 heteroatoms. The van der Waals surface area contributed by atoms with Crippen molar-refractivity contribution in [2.45, 2.75) is 18.9 Å². The van der Waals surface area contributed by atoms with E-state index in [0.29, 0.717) is 38.0 Å². The molecule has 2 heterocycles. The topological polar surface area (TPSA) is 68.6 Å². The molecule has 1 N–H and O–H groups in total. The number of aromatic nitrogens is 2. The summed E-state index contributed by atoms with van der Waals surface area (Å²) in [5.74, 6) is -0.0726. The number of carbonyl (C=O) groups is 1. The van der Waals surface area contributed by atoms with Crippen molar-refractivity contribution in [1.29, 1.82) is 0 Å². The molecule has 0 bridgehead atoms. The Morgan fingerprint density at radius 3 is 2.65 bits per heavy atom. The molecule has 1 saturated heterocycles. The summed E-state index contributed by atoms with van der Waals surface area (Å²) >= 11 is 0. The summed E-state index contributed by atoms with van der Waals surface area (Å²) in [4.78, 5) is 14.3. The Kier molecular flexibility index (Phi) is 9.16. The maximum Gasteiger partial charge on any atom is 0.274 e. The molecule has 23 heavy (non-hydrogen) atoms. The number of hydrogen-bond donors (Lipinski definition) is 1. The molecule has 132 valence electrons. The fourth-order valence-electron chi connectivity index (χ4n) is 2.59. The number of amides is 1. The average Bonchev–Trinajstić information content (AvgIpc) is 3.05. The lowest BCUT2D eigenvalue weighted by molar-refractivity contribution is 0.0620. The van der Waals surface area contributed by atoms with Gasteiger partial charge in [-0.25, -0.2) is 0 Å². The molecule has 7 nitrogen and oxygen atoms in total. The molecule has 1 aliphatic heterocycles. The van der Waals surface area contributed by atoms with Crippen LogP contribution in [0.25, 0.3) is 0 Å². The Morgan fingerprint density at radius 1 is 1.39 bits per heavy atom. The SMILES string of the molecule is COCCN(CCOC)C(=O)c1ccn(C2CCCNC2)n1.Cl. The first-order chi connectivity index (χ1) is 10.8. The summed E-state index contributed by atoms with van der Waals surface area (Å²) in [6, 6.07) is 2.13. The van der Waals surface area contributed by atoms with Crippen LogP contribution in [0.1, 0.15) is 29.4 Å². The first kappa shape index (κ1) is 19.9. The van der Waals surface area contributed by atoms with E-state index in [1.165, 1.54) is 0 Å². The van der Waals surface area contributed by atoms with Crippen LogP contribution in [0.3, 0.4) is 0 Å². The number of hydrogen-bond acceptors (Lipinski definition) is 5. The van der Waals surface area contributed by atoms with Gasteiger partial charge in [-0.15, -0.1) is 12.4 Å². The van der Waals surface area contributed by atoms with E-state index in [0.717, 1.165) is 25.9 Å². The summed E-state index contributed by atoms with van der Waals surface area (Å²) < 4.78 is 12.0. The summed E-state index contributed by atoms with van der Waals surface area (Å²) in [6.45, 7) is 4.05. The molecule has 1 aliphatic rings. The second-order valence-corrected chi connectivity index (χ2v) is 5.46. The quantitative estimate of drug-likeness (QED) is 0.759. The molecular formula is C15H27ClN4O3. The van der Waals surface area contributed by atoms with Gasteiger partial charge in [-0.2, -0.15) is 5.10 Å². The van der Waals surface area contributed by atoms with Crippen molar-refractivity contribution in [3.8, 4) is 0 Å². The van der Waals surface area contributed by atoms with Crippen LogP contribution in [0.2, 0.25) is 0 Å². The number of nitrogens with zero attached hydrogens (tertiary/aromatic N) is 3. The summed E-state index contributed by atoms with van der Waals surface area (Å²) in [7, 11) is 3.26. The first-order valence-corrected chi connectivity index (χ1v) is 7.79. The van der Waals surface area contributed by atoms with Crippen LogP contribution in [0, 0.1) is 0 Å².